The number of nitrogens with zero attached hydrogens (tertiary/aromatic N) is 1. The summed E-state index contributed by atoms with van der Waals surface area (Å²) < 4.78 is 5.14. The van der Waals surface area contributed by atoms with Gasteiger partial charge in [-0.25, -0.2) is 0 Å². The molecule has 0 spiro atoms. The fourth-order valence-corrected chi connectivity index (χ4v) is 2.64. The molecular formula is C17H29NO2. The Morgan fingerprint density at radius 3 is 2.30 bits per heavy atom. The molecule has 0 aliphatic carbocycles. The molecule has 0 fully saturated rings. The van der Waals surface area contributed by atoms with Crippen molar-refractivity contribution in [3.8, 4) is 11.5 Å². The van der Waals surface area contributed by atoms with Crippen molar-refractivity contribution in [3.05, 3.63) is 23.8 Å². The average molecular weight is 279 g/mol. The highest BCUT2D eigenvalue weighted by Gasteiger charge is 2.18. The lowest BCUT2D eigenvalue weighted by atomic mass is 10.1. The Bertz CT molecular complexity index is 400. The van der Waals surface area contributed by atoms with Crippen LogP contribution in [0.15, 0.2) is 18.2 Å². The van der Waals surface area contributed by atoms with Gasteiger partial charge in [0.05, 0.1) is 7.11 Å². The van der Waals surface area contributed by atoms with Gasteiger partial charge in [-0.1, -0.05) is 33.8 Å². The molecule has 1 aromatic rings. The van der Waals surface area contributed by atoms with E-state index in [4.69, 9.17) is 4.74 Å². The zero-order valence-corrected chi connectivity index (χ0v) is 13.5. The second-order valence-corrected chi connectivity index (χ2v) is 5.79. The summed E-state index contributed by atoms with van der Waals surface area (Å²) >= 11 is 0. The molecule has 0 saturated carbocycles. The predicted octanol–water partition coefficient (Wildman–Crippen LogP) is 4.05. The molecule has 0 atom stereocenters. The Morgan fingerprint density at radius 1 is 1.20 bits per heavy atom. The smallest absolute Gasteiger partial charge is 0.123 e. The Balaban J connectivity index is 2.88. The molecule has 0 radical (unpaired) electrons. The number of benzene rings is 1. The normalized spacial score (nSPS) is 11.6. The Kier molecular flexibility index (Phi) is 6.86. The monoisotopic (exact) mass is 279 g/mol. The fraction of sp³-hybridized carbons (Fsp3) is 0.647. The maximum absolute atomic E-state index is 10.1. The molecule has 0 unspecified atom stereocenters. The van der Waals surface area contributed by atoms with Gasteiger partial charge in [0.15, 0.2) is 0 Å². The molecule has 3 nitrogen and oxygen atoms in total. The summed E-state index contributed by atoms with van der Waals surface area (Å²) in [6.45, 7) is 10.8. The summed E-state index contributed by atoms with van der Waals surface area (Å²) in [6.07, 6.45) is 2.28. The minimum absolute atomic E-state index is 0.323. The fourth-order valence-electron chi connectivity index (χ4n) is 2.64. The molecule has 1 aromatic carbocycles. The Morgan fingerprint density at radius 2 is 1.85 bits per heavy atom. The van der Waals surface area contributed by atoms with Gasteiger partial charge in [-0.05, 0) is 24.8 Å². The molecule has 1 N–H and O–H groups in total. The molecule has 114 valence electrons. The maximum Gasteiger partial charge on any atom is 0.123 e. The van der Waals surface area contributed by atoms with E-state index in [9.17, 15) is 5.11 Å². The van der Waals surface area contributed by atoms with Crippen molar-refractivity contribution in [1.29, 1.82) is 0 Å². The number of methoxy groups -OCH3 is 1. The minimum atomic E-state index is 0.323. The number of ether oxygens (including phenoxy) is 1. The molecule has 1 rings (SSSR count). The minimum Gasteiger partial charge on any atom is -0.507 e. The Labute approximate surface area is 123 Å². The number of hydrogen-bond donors (Lipinski definition) is 1. The molecular weight excluding hydrogens is 250 g/mol. The number of phenols is 1. The number of rotatable bonds is 8. The summed E-state index contributed by atoms with van der Waals surface area (Å²) in [6, 6.07) is 6.13. The van der Waals surface area contributed by atoms with E-state index in [0.29, 0.717) is 23.5 Å². The summed E-state index contributed by atoms with van der Waals surface area (Å²) in [5, 5.41) is 10.1. The van der Waals surface area contributed by atoms with Crippen LogP contribution in [0.5, 0.6) is 11.5 Å². The molecule has 0 heterocycles. The van der Waals surface area contributed by atoms with Crippen LogP contribution in [-0.2, 0) is 6.54 Å². The van der Waals surface area contributed by atoms with E-state index in [1.54, 1.807) is 13.2 Å². The summed E-state index contributed by atoms with van der Waals surface area (Å²) in [7, 11) is 1.61. The summed E-state index contributed by atoms with van der Waals surface area (Å²) in [4.78, 5) is 2.48. The van der Waals surface area contributed by atoms with E-state index in [1.807, 2.05) is 12.1 Å². The lowest BCUT2D eigenvalue weighted by Gasteiger charge is -2.32. The van der Waals surface area contributed by atoms with E-state index in [1.165, 1.54) is 0 Å². The van der Waals surface area contributed by atoms with E-state index >= 15 is 0 Å². The van der Waals surface area contributed by atoms with Crippen molar-refractivity contribution in [2.75, 3.05) is 13.7 Å². The highest BCUT2D eigenvalue weighted by Crippen LogP contribution is 2.26. The Hall–Kier alpha value is -1.22. The van der Waals surface area contributed by atoms with Crippen LogP contribution >= 0.6 is 0 Å². The number of aromatic hydroxyl groups is 1. The van der Waals surface area contributed by atoms with Crippen LogP contribution in [-0.4, -0.2) is 29.7 Å². The van der Waals surface area contributed by atoms with E-state index in [0.717, 1.165) is 31.5 Å². The highest BCUT2D eigenvalue weighted by atomic mass is 16.5. The van der Waals surface area contributed by atoms with Gasteiger partial charge in [-0.15, -0.1) is 0 Å². The first kappa shape index (κ1) is 16.8. The molecule has 0 bridgehead atoms. The van der Waals surface area contributed by atoms with E-state index in [2.05, 4.69) is 32.6 Å². The van der Waals surface area contributed by atoms with Gasteiger partial charge in [-0.2, -0.15) is 0 Å². The standard InChI is InChI=1S/C17H29NO2/c1-6-15(7-2)18(11-13(3)4)12-14-8-9-16(20-5)10-17(14)19/h8-10,13,15,19H,6-7,11-12H2,1-5H3. The van der Waals surface area contributed by atoms with Crippen LogP contribution < -0.4 is 4.74 Å². The zero-order valence-electron chi connectivity index (χ0n) is 13.5. The molecule has 0 amide bonds. The topological polar surface area (TPSA) is 32.7 Å². The lowest BCUT2D eigenvalue weighted by Crippen LogP contribution is -2.36. The average Bonchev–Trinajstić information content (AvgIpc) is 2.41. The second kappa shape index (κ2) is 8.15. The van der Waals surface area contributed by atoms with Gasteiger partial charge in [0.2, 0.25) is 0 Å². The highest BCUT2D eigenvalue weighted by molar-refractivity contribution is 5.39. The summed E-state index contributed by atoms with van der Waals surface area (Å²) in [5.74, 6) is 1.64. The van der Waals surface area contributed by atoms with Crippen molar-refractivity contribution in [2.45, 2.75) is 53.1 Å². The van der Waals surface area contributed by atoms with Crippen LogP contribution in [0, 0.1) is 5.92 Å². The first-order valence-electron chi connectivity index (χ1n) is 7.61. The van der Waals surface area contributed by atoms with Crippen molar-refractivity contribution in [3.63, 3.8) is 0 Å². The van der Waals surface area contributed by atoms with Crippen molar-refractivity contribution in [2.24, 2.45) is 5.92 Å². The molecule has 0 aromatic heterocycles. The van der Waals surface area contributed by atoms with Gasteiger partial charge in [0, 0.05) is 30.8 Å². The van der Waals surface area contributed by atoms with Gasteiger partial charge in [0.1, 0.15) is 11.5 Å². The van der Waals surface area contributed by atoms with Crippen LogP contribution in [0.3, 0.4) is 0 Å². The van der Waals surface area contributed by atoms with Crippen LogP contribution in [0.4, 0.5) is 0 Å². The van der Waals surface area contributed by atoms with Gasteiger partial charge >= 0.3 is 0 Å². The summed E-state index contributed by atoms with van der Waals surface area (Å²) in [5.41, 5.74) is 0.971. The predicted molar refractivity (Wildman–Crippen MR) is 84.3 cm³/mol. The quantitative estimate of drug-likeness (QED) is 0.779. The van der Waals surface area contributed by atoms with Gasteiger partial charge in [0.25, 0.3) is 0 Å². The maximum atomic E-state index is 10.1. The third-order valence-corrected chi connectivity index (χ3v) is 3.72. The third kappa shape index (κ3) is 4.71. The lowest BCUT2D eigenvalue weighted by molar-refractivity contribution is 0.156. The molecule has 0 saturated heterocycles. The van der Waals surface area contributed by atoms with Crippen molar-refractivity contribution < 1.29 is 9.84 Å². The van der Waals surface area contributed by atoms with Crippen LogP contribution in [0.2, 0.25) is 0 Å². The first-order valence-corrected chi connectivity index (χ1v) is 7.61. The van der Waals surface area contributed by atoms with Gasteiger partial charge < -0.3 is 9.84 Å². The SMILES string of the molecule is CCC(CC)N(Cc1ccc(OC)cc1O)CC(C)C. The van der Waals surface area contributed by atoms with Gasteiger partial charge in [-0.3, -0.25) is 4.90 Å². The molecule has 20 heavy (non-hydrogen) atoms. The van der Waals surface area contributed by atoms with Crippen molar-refractivity contribution in [1.82, 2.24) is 4.90 Å². The third-order valence-electron chi connectivity index (χ3n) is 3.72. The molecule has 0 aliphatic rings. The van der Waals surface area contributed by atoms with E-state index in [-0.39, 0.29) is 0 Å². The number of hydrogen-bond acceptors (Lipinski definition) is 3. The van der Waals surface area contributed by atoms with Crippen molar-refractivity contribution >= 4 is 0 Å². The second-order valence-electron chi connectivity index (χ2n) is 5.79. The van der Waals surface area contributed by atoms with E-state index < -0.39 is 0 Å². The largest absolute Gasteiger partial charge is 0.507 e. The number of phenolic OH excluding ortho intramolecular Hbond substituents is 1. The first-order chi connectivity index (χ1) is 9.51. The molecule has 0 aliphatic heterocycles. The van der Waals surface area contributed by atoms with Crippen LogP contribution in [0.1, 0.15) is 46.1 Å². The zero-order chi connectivity index (χ0) is 15.1. The molecule has 3 heteroatoms. The van der Waals surface area contributed by atoms with Crippen LogP contribution in [0.25, 0.3) is 0 Å².